The van der Waals surface area contributed by atoms with Crippen molar-refractivity contribution in [3.63, 3.8) is 0 Å². The highest BCUT2D eigenvalue weighted by Crippen LogP contribution is 2.38. The predicted octanol–water partition coefficient (Wildman–Crippen LogP) is 2.89. The van der Waals surface area contributed by atoms with Gasteiger partial charge in [0.25, 0.3) is 0 Å². The highest BCUT2D eigenvalue weighted by Gasteiger charge is 2.22. The smallest absolute Gasteiger partial charge is 0.163 e. The zero-order chi connectivity index (χ0) is 13.3. The molecule has 4 heteroatoms. The predicted molar refractivity (Wildman–Crippen MR) is 74.4 cm³/mol. The first-order valence-electron chi connectivity index (χ1n) is 6.33. The molecule has 0 spiro atoms. The van der Waals surface area contributed by atoms with Gasteiger partial charge in [-0.15, -0.1) is 0 Å². The third-order valence-corrected chi connectivity index (χ3v) is 3.39. The van der Waals surface area contributed by atoms with Crippen LogP contribution in [0.1, 0.15) is 27.7 Å². The van der Waals surface area contributed by atoms with Crippen LogP contribution in [0, 0.1) is 5.41 Å². The molecule has 4 nitrogen and oxygen atoms in total. The van der Waals surface area contributed by atoms with E-state index in [1.165, 1.54) is 0 Å². The first-order chi connectivity index (χ1) is 8.38. The maximum atomic E-state index is 6.04. The van der Waals surface area contributed by atoms with Crippen molar-refractivity contribution in [3.8, 4) is 11.5 Å². The zero-order valence-corrected chi connectivity index (χ0v) is 11.5. The molecule has 0 amide bonds. The van der Waals surface area contributed by atoms with Crippen LogP contribution in [0.3, 0.4) is 0 Å². The quantitative estimate of drug-likeness (QED) is 0.792. The monoisotopic (exact) mass is 250 g/mol. The van der Waals surface area contributed by atoms with Crippen LogP contribution >= 0.6 is 0 Å². The molecular weight excluding hydrogens is 228 g/mol. The minimum Gasteiger partial charge on any atom is -0.486 e. The fraction of sp³-hybridized carbons (Fsp3) is 0.571. The van der Waals surface area contributed by atoms with Gasteiger partial charge in [-0.05, 0) is 12.3 Å². The third-order valence-electron chi connectivity index (χ3n) is 3.39. The van der Waals surface area contributed by atoms with Gasteiger partial charge in [-0.2, -0.15) is 0 Å². The lowest BCUT2D eigenvalue weighted by atomic mass is 9.88. The van der Waals surface area contributed by atoms with Gasteiger partial charge in [0.05, 0.1) is 11.4 Å². The van der Waals surface area contributed by atoms with E-state index in [0.29, 0.717) is 24.9 Å². The molecule has 0 saturated heterocycles. The van der Waals surface area contributed by atoms with E-state index >= 15 is 0 Å². The normalized spacial score (nSPS) is 16.2. The maximum absolute atomic E-state index is 6.04. The van der Waals surface area contributed by atoms with E-state index in [0.717, 1.165) is 17.2 Å². The Morgan fingerprint density at radius 3 is 2.28 bits per heavy atom. The lowest BCUT2D eigenvalue weighted by Crippen LogP contribution is -2.31. The van der Waals surface area contributed by atoms with Crippen LogP contribution in [-0.2, 0) is 0 Å². The molecule has 0 aliphatic carbocycles. The molecule has 3 N–H and O–H groups in total. The molecule has 1 aliphatic rings. The second-order valence-electron chi connectivity index (χ2n) is 5.82. The average molecular weight is 250 g/mol. The summed E-state index contributed by atoms with van der Waals surface area (Å²) < 4.78 is 11.1. The highest BCUT2D eigenvalue weighted by atomic mass is 16.6. The number of ether oxygens (including phenoxy) is 2. The summed E-state index contributed by atoms with van der Waals surface area (Å²) in [6.45, 7) is 9.90. The standard InChI is InChI=1S/C14H22N2O2/c1-9(14(2,3)4)16-11-8-13-12(7-10(11)15)17-5-6-18-13/h7-9,16H,5-6,15H2,1-4H3. The summed E-state index contributed by atoms with van der Waals surface area (Å²) >= 11 is 0. The Kier molecular flexibility index (Phi) is 3.28. The van der Waals surface area contributed by atoms with E-state index in [9.17, 15) is 0 Å². The van der Waals surface area contributed by atoms with Crippen LogP contribution < -0.4 is 20.5 Å². The minimum absolute atomic E-state index is 0.166. The van der Waals surface area contributed by atoms with Crippen LogP contribution in [0.15, 0.2) is 12.1 Å². The number of hydrogen-bond acceptors (Lipinski definition) is 4. The van der Waals surface area contributed by atoms with E-state index in [2.05, 4.69) is 33.0 Å². The minimum atomic E-state index is 0.166. The van der Waals surface area contributed by atoms with Crippen LogP contribution in [0.4, 0.5) is 11.4 Å². The molecule has 0 saturated carbocycles. The second-order valence-corrected chi connectivity index (χ2v) is 5.82. The van der Waals surface area contributed by atoms with E-state index in [-0.39, 0.29) is 5.41 Å². The maximum Gasteiger partial charge on any atom is 0.163 e. The molecule has 1 unspecified atom stereocenters. The summed E-state index contributed by atoms with van der Waals surface area (Å²) in [5.74, 6) is 1.49. The molecule has 2 rings (SSSR count). The Balaban J connectivity index is 2.23. The molecular formula is C14H22N2O2. The molecule has 1 aromatic rings. The molecule has 0 fully saturated rings. The van der Waals surface area contributed by atoms with Gasteiger partial charge >= 0.3 is 0 Å². The summed E-state index contributed by atoms with van der Waals surface area (Å²) in [5.41, 5.74) is 7.80. The number of benzene rings is 1. The third kappa shape index (κ3) is 2.63. The van der Waals surface area contributed by atoms with Crippen molar-refractivity contribution >= 4 is 11.4 Å². The molecule has 100 valence electrons. The molecule has 1 aliphatic heterocycles. The zero-order valence-electron chi connectivity index (χ0n) is 11.5. The molecule has 0 radical (unpaired) electrons. The number of rotatable bonds is 2. The van der Waals surface area contributed by atoms with E-state index < -0.39 is 0 Å². The Morgan fingerprint density at radius 2 is 1.72 bits per heavy atom. The van der Waals surface area contributed by atoms with Crippen molar-refractivity contribution in [2.75, 3.05) is 24.3 Å². The van der Waals surface area contributed by atoms with Crippen LogP contribution in [0.5, 0.6) is 11.5 Å². The van der Waals surface area contributed by atoms with Gasteiger partial charge < -0.3 is 20.5 Å². The molecule has 1 aromatic carbocycles. The Labute approximate surface area is 108 Å². The summed E-state index contributed by atoms with van der Waals surface area (Å²) in [5, 5.41) is 3.44. The second kappa shape index (κ2) is 4.59. The van der Waals surface area contributed by atoms with Gasteiger partial charge in [-0.25, -0.2) is 0 Å². The topological polar surface area (TPSA) is 56.5 Å². The van der Waals surface area contributed by atoms with E-state index in [4.69, 9.17) is 15.2 Å². The molecule has 0 aromatic heterocycles. The van der Waals surface area contributed by atoms with Gasteiger partial charge in [-0.3, -0.25) is 0 Å². The Hall–Kier alpha value is -1.58. The van der Waals surface area contributed by atoms with E-state index in [1.54, 1.807) is 0 Å². The molecule has 1 heterocycles. The Morgan fingerprint density at radius 1 is 1.17 bits per heavy atom. The number of nitrogen functional groups attached to an aromatic ring is 1. The fourth-order valence-corrected chi connectivity index (χ4v) is 1.68. The number of hydrogen-bond donors (Lipinski definition) is 2. The molecule has 1 atom stereocenters. The average Bonchev–Trinajstić information content (AvgIpc) is 2.28. The largest absolute Gasteiger partial charge is 0.486 e. The lowest BCUT2D eigenvalue weighted by Gasteiger charge is -2.30. The van der Waals surface area contributed by atoms with Crippen LogP contribution in [0.2, 0.25) is 0 Å². The molecule has 0 bridgehead atoms. The van der Waals surface area contributed by atoms with Gasteiger partial charge in [0.15, 0.2) is 11.5 Å². The van der Waals surface area contributed by atoms with Gasteiger partial charge in [-0.1, -0.05) is 20.8 Å². The lowest BCUT2D eigenvalue weighted by molar-refractivity contribution is 0.172. The number of fused-ring (bicyclic) bond motifs is 1. The van der Waals surface area contributed by atoms with Crippen molar-refractivity contribution in [2.24, 2.45) is 5.41 Å². The summed E-state index contributed by atoms with van der Waals surface area (Å²) in [7, 11) is 0. The Bertz CT molecular complexity index is 438. The van der Waals surface area contributed by atoms with E-state index in [1.807, 2.05) is 12.1 Å². The first kappa shape index (κ1) is 12.9. The summed E-state index contributed by atoms with van der Waals surface area (Å²) in [4.78, 5) is 0. The van der Waals surface area contributed by atoms with Crippen LogP contribution in [0.25, 0.3) is 0 Å². The van der Waals surface area contributed by atoms with Crippen molar-refractivity contribution in [1.82, 2.24) is 0 Å². The molecule has 18 heavy (non-hydrogen) atoms. The first-order valence-corrected chi connectivity index (χ1v) is 6.33. The van der Waals surface area contributed by atoms with Crippen LogP contribution in [-0.4, -0.2) is 19.3 Å². The van der Waals surface area contributed by atoms with Crippen molar-refractivity contribution in [2.45, 2.75) is 33.7 Å². The van der Waals surface area contributed by atoms with Gasteiger partial charge in [0.1, 0.15) is 13.2 Å². The van der Waals surface area contributed by atoms with Crippen molar-refractivity contribution < 1.29 is 9.47 Å². The summed E-state index contributed by atoms with van der Waals surface area (Å²) in [6, 6.07) is 4.06. The SMILES string of the molecule is CC(Nc1cc2c(cc1N)OCCO2)C(C)(C)C. The van der Waals surface area contributed by atoms with Gasteiger partial charge in [0, 0.05) is 18.2 Å². The number of anilines is 2. The number of nitrogens with two attached hydrogens (primary N) is 1. The van der Waals surface area contributed by atoms with Crippen molar-refractivity contribution in [1.29, 1.82) is 0 Å². The summed E-state index contributed by atoms with van der Waals surface area (Å²) in [6.07, 6.45) is 0. The fourth-order valence-electron chi connectivity index (χ4n) is 1.68. The van der Waals surface area contributed by atoms with Crippen molar-refractivity contribution in [3.05, 3.63) is 12.1 Å². The van der Waals surface area contributed by atoms with Gasteiger partial charge in [0.2, 0.25) is 0 Å². The number of nitrogens with one attached hydrogen (secondary N) is 1. The highest BCUT2D eigenvalue weighted by molar-refractivity contribution is 5.72.